The van der Waals surface area contributed by atoms with Gasteiger partial charge >= 0.3 is 5.97 Å². The average molecular weight is 239 g/mol. The lowest BCUT2D eigenvalue weighted by atomic mass is 10.2. The van der Waals surface area contributed by atoms with Crippen LogP contribution in [0.25, 0.3) is 0 Å². The van der Waals surface area contributed by atoms with Gasteiger partial charge < -0.3 is 10.1 Å². The van der Waals surface area contributed by atoms with Gasteiger partial charge in [0.1, 0.15) is 18.2 Å². The zero-order valence-electron chi connectivity index (χ0n) is 9.57. The zero-order chi connectivity index (χ0) is 13.3. The van der Waals surface area contributed by atoms with Crippen molar-refractivity contribution in [1.82, 2.24) is 10.6 Å². The monoisotopic (exact) mass is 239 g/mol. The van der Waals surface area contributed by atoms with Gasteiger partial charge in [-0.05, 0) is 13.8 Å². The van der Waals surface area contributed by atoms with E-state index in [1.807, 2.05) is 5.32 Å². The predicted molar refractivity (Wildman–Crippen MR) is 57.2 cm³/mol. The second kappa shape index (κ2) is 7.87. The maximum absolute atomic E-state index is 11.2. The summed E-state index contributed by atoms with van der Waals surface area (Å²) in [5.74, 6) is -1.32. The number of amides is 2. The molecule has 0 aliphatic carbocycles. The second-order valence-electron chi connectivity index (χ2n) is 2.86. The molecule has 0 bridgehead atoms. The van der Waals surface area contributed by atoms with Crippen LogP contribution in [0.15, 0.2) is 11.3 Å². The summed E-state index contributed by atoms with van der Waals surface area (Å²) in [6.07, 6.45) is 0.179. The third-order valence-electron chi connectivity index (χ3n) is 1.71. The number of rotatable bonds is 6. The molecular formula is C10H13N3O4. The SMILES string of the molecule is CCOC(=O)CN/C(C)=C(/C#N)C(=O)NC=O. The smallest absolute Gasteiger partial charge is 0.325 e. The number of imide groups is 1. The summed E-state index contributed by atoms with van der Waals surface area (Å²) in [5, 5.41) is 13.1. The van der Waals surface area contributed by atoms with Crippen molar-refractivity contribution < 1.29 is 19.1 Å². The predicted octanol–water partition coefficient (Wildman–Crippen LogP) is -0.791. The lowest BCUT2D eigenvalue weighted by Gasteiger charge is -2.07. The van der Waals surface area contributed by atoms with Gasteiger partial charge in [0.15, 0.2) is 0 Å². The number of nitriles is 1. The fourth-order valence-electron chi connectivity index (χ4n) is 0.936. The number of nitrogens with zero attached hydrogens (tertiary/aromatic N) is 1. The third-order valence-corrected chi connectivity index (χ3v) is 1.71. The van der Waals surface area contributed by atoms with Gasteiger partial charge in [0.2, 0.25) is 6.41 Å². The molecule has 17 heavy (non-hydrogen) atoms. The Labute approximate surface area is 98.4 Å². The highest BCUT2D eigenvalue weighted by molar-refractivity contribution is 6.02. The van der Waals surface area contributed by atoms with E-state index >= 15 is 0 Å². The van der Waals surface area contributed by atoms with Crippen molar-refractivity contribution >= 4 is 18.3 Å². The van der Waals surface area contributed by atoms with Crippen molar-refractivity contribution in [2.45, 2.75) is 13.8 Å². The Morgan fingerprint density at radius 3 is 2.59 bits per heavy atom. The Kier molecular flexibility index (Phi) is 6.78. The van der Waals surface area contributed by atoms with E-state index in [0.29, 0.717) is 0 Å². The number of hydrogen-bond donors (Lipinski definition) is 2. The molecule has 0 saturated heterocycles. The van der Waals surface area contributed by atoms with E-state index in [2.05, 4.69) is 10.1 Å². The fraction of sp³-hybridized carbons (Fsp3) is 0.400. The molecule has 0 fully saturated rings. The molecular weight excluding hydrogens is 226 g/mol. The van der Waals surface area contributed by atoms with E-state index in [4.69, 9.17) is 5.26 Å². The molecule has 0 unspecified atom stereocenters. The molecule has 0 aliphatic rings. The van der Waals surface area contributed by atoms with Crippen LogP contribution in [0.4, 0.5) is 0 Å². The highest BCUT2D eigenvalue weighted by atomic mass is 16.5. The molecule has 0 rings (SSSR count). The summed E-state index contributed by atoms with van der Waals surface area (Å²) in [5.41, 5.74) is -0.0682. The second-order valence-corrected chi connectivity index (χ2v) is 2.86. The molecule has 0 aliphatic heterocycles. The van der Waals surface area contributed by atoms with Crippen LogP contribution in [-0.2, 0) is 19.1 Å². The minimum atomic E-state index is -0.823. The number of ether oxygens (including phenoxy) is 1. The summed E-state index contributed by atoms with van der Waals surface area (Å²) in [6, 6.07) is 1.64. The van der Waals surface area contributed by atoms with Crippen LogP contribution >= 0.6 is 0 Å². The van der Waals surface area contributed by atoms with Crippen LogP contribution in [0.3, 0.4) is 0 Å². The van der Waals surface area contributed by atoms with Gasteiger partial charge in [0, 0.05) is 5.70 Å². The van der Waals surface area contributed by atoms with E-state index in [0.717, 1.165) is 0 Å². The van der Waals surface area contributed by atoms with Crippen LogP contribution < -0.4 is 10.6 Å². The fourth-order valence-corrected chi connectivity index (χ4v) is 0.936. The zero-order valence-corrected chi connectivity index (χ0v) is 9.57. The van der Waals surface area contributed by atoms with E-state index in [1.165, 1.54) is 6.92 Å². The van der Waals surface area contributed by atoms with Gasteiger partial charge in [-0.25, -0.2) is 0 Å². The summed E-state index contributed by atoms with van der Waals surface area (Å²) in [4.78, 5) is 32.3. The van der Waals surface area contributed by atoms with Crippen LogP contribution in [0, 0.1) is 11.3 Å². The molecule has 0 aromatic carbocycles. The molecule has 0 radical (unpaired) electrons. The van der Waals surface area contributed by atoms with Crippen molar-refractivity contribution in [2.75, 3.05) is 13.2 Å². The Balaban J connectivity index is 4.55. The lowest BCUT2D eigenvalue weighted by Crippen LogP contribution is -2.29. The first-order chi connectivity index (χ1) is 8.06. The van der Waals surface area contributed by atoms with Crippen LogP contribution in [-0.4, -0.2) is 31.4 Å². The first-order valence-corrected chi connectivity index (χ1v) is 4.81. The van der Waals surface area contributed by atoms with Gasteiger partial charge in [-0.2, -0.15) is 5.26 Å². The standard InChI is InChI=1S/C10H13N3O4/c1-3-17-9(15)5-12-7(2)8(4-11)10(16)13-6-14/h6,12H,3,5H2,1-2H3,(H,13,14,16)/b8-7-. The van der Waals surface area contributed by atoms with E-state index in [-0.39, 0.29) is 30.8 Å². The quantitative estimate of drug-likeness (QED) is 0.272. The number of nitrogens with one attached hydrogen (secondary N) is 2. The van der Waals surface area contributed by atoms with Gasteiger partial charge in [-0.3, -0.25) is 19.7 Å². The highest BCUT2D eigenvalue weighted by Gasteiger charge is 2.12. The van der Waals surface area contributed by atoms with Gasteiger partial charge in [0.25, 0.3) is 5.91 Å². The number of esters is 1. The minimum Gasteiger partial charge on any atom is -0.465 e. The van der Waals surface area contributed by atoms with Crippen LogP contribution in [0.2, 0.25) is 0 Å². The minimum absolute atomic E-state index is 0.154. The third kappa shape index (κ3) is 5.32. The van der Waals surface area contributed by atoms with E-state index < -0.39 is 11.9 Å². The normalized spacial score (nSPS) is 10.6. The van der Waals surface area contributed by atoms with Crippen molar-refractivity contribution in [2.24, 2.45) is 0 Å². The van der Waals surface area contributed by atoms with Crippen molar-refractivity contribution in [3.05, 3.63) is 11.3 Å². The molecule has 0 heterocycles. The maximum atomic E-state index is 11.2. The first kappa shape index (κ1) is 14.6. The molecule has 0 atom stereocenters. The largest absolute Gasteiger partial charge is 0.465 e. The Hall–Kier alpha value is -2.36. The molecule has 7 nitrogen and oxygen atoms in total. The van der Waals surface area contributed by atoms with E-state index in [9.17, 15) is 14.4 Å². The Morgan fingerprint density at radius 1 is 1.47 bits per heavy atom. The molecule has 0 aromatic rings. The Morgan fingerprint density at radius 2 is 2.12 bits per heavy atom. The van der Waals surface area contributed by atoms with Gasteiger partial charge in [0.05, 0.1) is 6.61 Å². The van der Waals surface area contributed by atoms with Gasteiger partial charge in [-0.15, -0.1) is 0 Å². The van der Waals surface area contributed by atoms with Crippen LogP contribution in [0.5, 0.6) is 0 Å². The van der Waals surface area contributed by atoms with Crippen molar-refractivity contribution in [3.8, 4) is 6.07 Å². The lowest BCUT2D eigenvalue weighted by molar-refractivity contribution is -0.141. The van der Waals surface area contributed by atoms with Gasteiger partial charge in [-0.1, -0.05) is 0 Å². The number of carbonyl (C=O) groups excluding carboxylic acids is 3. The summed E-state index contributed by atoms with van der Waals surface area (Å²) >= 11 is 0. The molecule has 2 amide bonds. The Bertz CT molecular complexity index is 382. The summed E-state index contributed by atoms with van der Waals surface area (Å²) in [6.45, 7) is 3.21. The average Bonchev–Trinajstić information content (AvgIpc) is 2.28. The molecule has 2 N–H and O–H groups in total. The molecule has 0 aromatic heterocycles. The molecule has 0 spiro atoms. The topological polar surface area (TPSA) is 108 Å². The summed E-state index contributed by atoms with van der Waals surface area (Å²) < 4.78 is 4.65. The maximum Gasteiger partial charge on any atom is 0.325 e. The molecule has 0 saturated carbocycles. The number of carbonyl (C=O) groups is 3. The van der Waals surface area contributed by atoms with Crippen LogP contribution in [0.1, 0.15) is 13.8 Å². The highest BCUT2D eigenvalue weighted by Crippen LogP contribution is 1.99. The first-order valence-electron chi connectivity index (χ1n) is 4.81. The molecule has 92 valence electrons. The van der Waals surface area contributed by atoms with E-state index in [1.54, 1.807) is 13.0 Å². The van der Waals surface area contributed by atoms with Crippen molar-refractivity contribution in [1.29, 1.82) is 5.26 Å². The summed E-state index contributed by atoms with van der Waals surface area (Å²) in [7, 11) is 0. The number of hydrogen-bond acceptors (Lipinski definition) is 6. The molecule has 7 heteroatoms. The van der Waals surface area contributed by atoms with Crippen molar-refractivity contribution in [3.63, 3.8) is 0 Å². The number of allylic oxidation sites excluding steroid dienone is 1.